The van der Waals surface area contributed by atoms with E-state index >= 15 is 0 Å². The van der Waals surface area contributed by atoms with Crippen molar-refractivity contribution in [2.45, 2.75) is 19.3 Å². The van der Waals surface area contributed by atoms with E-state index < -0.39 is 0 Å². The molecule has 258 valence electrons. The number of para-hydroxylation sites is 1. The second kappa shape index (κ2) is 14.0. The first-order valence-electron chi connectivity index (χ1n) is 18.8. The van der Waals surface area contributed by atoms with Gasteiger partial charge in [0.05, 0.1) is 11.4 Å². The standard InChI is InChI=1S/C53H41N/c1-53(2)47-31-17-15-29-45(47)46-30-19-33-49(52(46)53)54(48-32-18-16-28-44(48)38-20-7-3-8-21-38)43-36-34-42(35-37-43)51(41-26-13-6-14-27-41)50(39-22-9-4-10-23-39)40-24-11-5-12-25-40/h3-37H,1-2H3. The maximum absolute atomic E-state index is 2.49. The van der Waals surface area contributed by atoms with Crippen LogP contribution in [-0.4, -0.2) is 0 Å². The summed E-state index contributed by atoms with van der Waals surface area (Å²) in [5.74, 6) is 0. The first-order valence-corrected chi connectivity index (χ1v) is 18.8. The van der Waals surface area contributed by atoms with Gasteiger partial charge in [0, 0.05) is 16.7 Å². The van der Waals surface area contributed by atoms with E-state index in [0.29, 0.717) is 0 Å². The van der Waals surface area contributed by atoms with Gasteiger partial charge in [-0.2, -0.15) is 0 Å². The summed E-state index contributed by atoms with van der Waals surface area (Å²) in [4.78, 5) is 2.49. The smallest absolute Gasteiger partial charge is 0.0540 e. The highest BCUT2D eigenvalue weighted by Crippen LogP contribution is 2.55. The zero-order valence-corrected chi connectivity index (χ0v) is 30.7. The summed E-state index contributed by atoms with van der Waals surface area (Å²) in [5.41, 5.74) is 18.1. The Balaban J connectivity index is 1.28. The van der Waals surface area contributed by atoms with Gasteiger partial charge in [-0.3, -0.25) is 0 Å². The first kappa shape index (κ1) is 33.2. The molecule has 54 heavy (non-hydrogen) atoms. The molecular formula is C53H41N. The van der Waals surface area contributed by atoms with Crippen molar-refractivity contribution >= 4 is 28.2 Å². The van der Waals surface area contributed by atoms with Gasteiger partial charge < -0.3 is 4.90 Å². The lowest BCUT2D eigenvalue weighted by Crippen LogP contribution is -2.21. The second-order valence-corrected chi connectivity index (χ2v) is 14.5. The summed E-state index contributed by atoms with van der Waals surface area (Å²) in [6.07, 6.45) is 0. The Hall–Kier alpha value is -6.70. The SMILES string of the molecule is CC1(C)c2ccccc2-c2cccc(N(c3ccc(C(=C(c4ccccc4)c4ccccc4)c4ccccc4)cc3)c3ccccc3-c3ccccc3)c21. The molecule has 0 saturated heterocycles. The summed E-state index contributed by atoms with van der Waals surface area (Å²) >= 11 is 0. The first-order chi connectivity index (χ1) is 26.6. The van der Waals surface area contributed by atoms with Crippen LogP contribution in [0.15, 0.2) is 212 Å². The third-order valence-corrected chi connectivity index (χ3v) is 10.9. The fourth-order valence-electron chi connectivity index (χ4n) is 8.45. The van der Waals surface area contributed by atoms with E-state index in [4.69, 9.17) is 0 Å². The molecule has 0 aliphatic heterocycles. The van der Waals surface area contributed by atoms with Crippen LogP contribution in [0.5, 0.6) is 0 Å². The van der Waals surface area contributed by atoms with Crippen LogP contribution in [0.1, 0.15) is 47.2 Å². The third kappa shape index (κ3) is 5.85. The molecule has 8 aromatic rings. The van der Waals surface area contributed by atoms with Gasteiger partial charge in [0.1, 0.15) is 0 Å². The third-order valence-electron chi connectivity index (χ3n) is 10.9. The van der Waals surface area contributed by atoms with Gasteiger partial charge in [0.2, 0.25) is 0 Å². The molecule has 0 unspecified atom stereocenters. The van der Waals surface area contributed by atoms with Gasteiger partial charge in [-0.1, -0.05) is 202 Å². The van der Waals surface area contributed by atoms with E-state index in [-0.39, 0.29) is 5.41 Å². The molecule has 0 atom stereocenters. The van der Waals surface area contributed by atoms with Crippen LogP contribution in [0, 0.1) is 0 Å². The van der Waals surface area contributed by atoms with Crippen molar-refractivity contribution in [3.63, 3.8) is 0 Å². The van der Waals surface area contributed by atoms with Crippen LogP contribution in [-0.2, 0) is 5.41 Å². The fraction of sp³-hybridized carbons (Fsp3) is 0.0566. The van der Waals surface area contributed by atoms with Crippen LogP contribution >= 0.6 is 0 Å². The zero-order chi connectivity index (χ0) is 36.5. The average molecular weight is 692 g/mol. The number of hydrogen-bond donors (Lipinski definition) is 0. The topological polar surface area (TPSA) is 3.24 Å². The van der Waals surface area contributed by atoms with E-state index in [1.807, 2.05) is 0 Å². The Morgan fingerprint density at radius 1 is 0.352 bits per heavy atom. The number of hydrogen-bond acceptors (Lipinski definition) is 1. The van der Waals surface area contributed by atoms with E-state index in [1.165, 1.54) is 66.9 Å². The molecule has 0 amide bonds. The zero-order valence-electron chi connectivity index (χ0n) is 30.7. The molecule has 1 aliphatic rings. The summed E-state index contributed by atoms with van der Waals surface area (Å²) in [6.45, 7) is 4.74. The van der Waals surface area contributed by atoms with E-state index in [9.17, 15) is 0 Å². The minimum absolute atomic E-state index is 0.189. The molecule has 0 bridgehead atoms. The summed E-state index contributed by atoms with van der Waals surface area (Å²) in [6, 6.07) is 76.9. The molecule has 0 radical (unpaired) electrons. The van der Waals surface area contributed by atoms with Crippen LogP contribution in [0.2, 0.25) is 0 Å². The minimum Gasteiger partial charge on any atom is -0.310 e. The molecule has 1 heteroatoms. The van der Waals surface area contributed by atoms with Crippen molar-refractivity contribution in [3.05, 3.63) is 246 Å². The summed E-state index contributed by atoms with van der Waals surface area (Å²) < 4.78 is 0. The van der Waals surface area contributed by atoms with Gasteiger partial charge in [0.15, 0.2) is 0 Å². The van der Waals surface area contributed by atoms with Gasteiger partial charge in [0.25, 0.3) is 0 Å². The molecule has 1 aliphatic carbocycles. The number of benzene rings is 8. The predicted octanol–water partition coefficient (Wildman–Crippen LogP) is 14.1. The summed E-state index contributed by atoms with van der Waals surface area (Å²) in [5, 5.41) is 0. The van der Waals surface area contributed by atoms with Gasteiger partial charge in [-0.15, -0.1) is 0 Å². The normalized spacial score (nSPS) is 12.4. The highest BCUT2D eigenvalue weighted by Gasteiger charge is 2.39. The molecule has 0 fully saturated rings. The van der Waals surface area contributed by atoms with Crippen molar-refractivity contribution in [1.82, 2.24) is 0 Å². The van der Waals surface area contributed by atoms with Gasteiger partial charge in [-0.25, -0.2) is 0 Å². The molecule has 0 N–H and O–H groups in total. The Kier molecular flexibility index (Phi) is 8.61. The minimum atomic E-state index is -0.189. The molecule has 0 heterocycles. The quantitative estimate of drug-likeness (QED) is 0.143. The molecule has 0 aromatic heterocycles. The van der Waals surface area contributed by atoms with Crippen LogP contribution < -0.4 is 4.90 Å². The van der Waals surface area contributed by atoms with Gasteiger partial charge in [-0.05, 0) is 85.5 Å². The molecular weight excluding hydrogens is 651 g/mol. The average Bonchev–Trinajstić information content (AvgIpc) is 3.48. The largest absolute Gasteiger partial charge is 0.310 e. The summed E-state index contributed by atoms with van der Waals surface area (Å²) in [7, 11) is 0. The van der Waals surface area contributed by atoms with Crippen LogP contribution in [0.3, 0.4) is 0 Å². The monoisotopic (exact) mass is 691 g/mol. The molecule has 8 aromatic carbocycles. The number of nitrogens with zero attached hydrogens (tertiary/aromatic N) is 1. The van der Waals surface area contributed by atoms with E-state index in [0.717, 1.165) is 16.9 Å². The highest BCUT2D eigenvalue weighted by atomic mass is 15.1. The van der Waals surface area contributed by atoms with Gasteiger partial charge >= 0.3 is 0 Å². The van der Waals surface area contributed by atoms with E-state index in [1.54, 1.807) is 0 Å². The Bertz CT molecular complexity index is 2540. The number of fused-ring (bicyclic) bond motifs is 3. The molecule has 1 nitrogen and oxygen atoms in total. The predicted molar refractivity (Wildman–Crippen MR) is 228 cm³/mol. The van der Waals surface area contributed by atoms with E-state index in [2.05, 4.69) is 231 Å². The van der Waals surface area contributed by atoms with Crippen molar-refractivity contribution < 1.29 is 0 Å². The second-order valence-electron chi connectivity index (χ2n) is 14.5. The molecule has 0 saturated carbocycles. The Morgan fingerprint density at radius 2 is 0.778 bits per heavy atom. The van der Waals surface area contributed by atoms with Crippen molar-refractivity contribution in [3.8, 4) is 22.3 Å². The van der Waals surface area contributed by atoms with Crippen molar-refractivity contribution in [2.75, 3.05) is 4.90 Å². The number of anilines is 3. The lowest BCUT2D eigenvalue weighted by molar-refractivity contribution is 0.661. The van der Waals surface area contributed by atoms with Crippen LogP contribution in [0.25, 0.3) is 33.4 Å². The van der Waals surface area contributed by atoms with Crippen molar-refractivity contribution in [2.24, 2.45) is 0 Å². The lowest BCUT2D eigenvalue weighted by Gasteiger charge is -2.33. The van der Waals surface area contributed by atoms with Crippen LogP contribution in [0.4, 0.5) is 17.1 Å². The maximum Gasteiger partial charge on any atom is 0.0540 e. The Morgan fingerprint density at radius 3 is 1.35 bits per heavy atom. The molecule has 9 rings (SSSR count). The number of rotatable bonds is 8. The highest BCUT2D eigenvalue weighted by molar-refractivity contribution is 6.05. The Labute approximate surface area is 319 Å². The maximum atomic E-state index is 2.49. The van der Waals surface area contributed by atoms with Crippen molar-refractivity contribution in [1.29, 1.82) is 0 Å². The fourth-order valence-corrected chi connectivity index (χ4v) is 8.45. The molecule has 0 spiro atoms. The lowest BCUT2D eigenvalue weighted by atomic mass is 9.81.